The predicted molar refractivity (Wildman–Crippen MR) is 86.9 cm³/mol. The molecule has 0 unspecified atom stereocenters. The Morgan fingerprint density at radius 1 is 1.38 bits per heavy atom. The lowest BCUT2D eigenvalue weighted by Crippen LogP contribution is -2.18. The number of H-pyrrole nitrogens is 1. The van der Waals surface area contributed by atoms with Gasteiger partial charge in [-0.1, -0.05) is 18.2 Å². The van der Waals surface area contributed by atoms with Crippen LogP contribution in [-0.2, 0) is 4.74 Å². The highest BCUT2D eigenvalue weighted by atomic mass is 32.1. The number of nitrogens with zero attached hydrogens (tertiary/aromatic N) is 1. The van der Waals surface area contributed by atoms with Crippen LogP contribution >= 0.6 is 11.3 Å². The van der Waals surface area contributed by atoms with Crippen LogP contribution in [0.25, 0.3) is 22.2 Å². The molecule has 3 aromatic rings. The Morgan fingerprint density at radius 2 is 2.33 bits per heavy atom. The van der Waals surface area contributed by atoms with E-state index in [1.807, 2.05) is 12.3 Å². The van der Waals surface area contributed by atoms with Crippen LogP contribution in [0.2, 0.25) is 0 Å². The molecule has 0 bridgehead atoms. The van der Waals surface area contributed by atoms with Gasteiger partial charge in [0.2, 0.25) is 0 Å². The number of thiazole rings is 1. The third-order valence-corrected chi connectivity index (χ3v) is 4.67. The topological polar surface area (TPSA) is 49.9 Å². The summed E-state index contributed by atoms with van der Waals surface area (Å²) in [5, 5.41) is 7.67. The average Bonchev–Trinajstić information content (AvgIpc) is 3.25. The lowest BCUT2D eigenvalue weighted by molar-refractivity contribution is 0.120. The second-order valence-electron chi connectivity index (χ2n) is 5.30. The van der Waals surface area contributed by atoms with Gasteiger partial charge in [0.1, 0.15) is 0 Å². The fourth-order valence-electron chi connectivity index (χ4n) is 2.77. The van der Waals surface area contributed by atoms with E-state index < -0.39 is 0 Å². The first-order valence-electron chi connectivity index (χ1n) is 7.27. The van der Waals surface area contributed by atoms with Crippen LogP contribution in [-0.4, -0.2) is 29.2 Å². The maximum Gasteiger partial charge on any atom is 0.183 e. The number of hydrogen-bond donors (Lipinski definition) is 2. The summed E-state index contributed by atoms with van der Waals surface area (Å²) in [5.41, 5.74) is 3.33. The first-order chi connectivity index (χ1) is 10.4. The van der Waals surface area contributed by atoms with Crippen molar-refractivity contribution in [2.45, 2.75) is 18.9 Å². The number of rotatable bonds is 4. The Morgan fingerprint density at radius 3 is 3.24 bits per heavy atom. The van der Waals surface area contributed by atoms with E-state index >= 15 is 0 Å². The van der Waals surface area contributed by atoms with Crippen molar-refractivity contribution in [3.8, 4) is 11.3 Å². The van der Waals surface area contributed by atoms with Gasteiger partial charge >= 0.3 is 0 Å². The molecule has 1 aromatic carbocycles. The zero-order valence-electron chi connectivity index (χ0n) is 11.6. The standard InChI is InChI=1S/C16H17N3OS/c1-2-6-14-12(5-1)13(9-17-14)15-10-21-16(19-15)18-8-11-4-3-7-20-11/h1-2,5-6,9-11,17H,3-4,7-8H2,(H,18,19)/t11-/m1/s1. The van der Waals surface area contributed by atoms with Gasteiger partial charge in [-0.2, -0.15) is 0 Å². The third-order valence-electron chi connectivity index (χ3n) is 3.87. The summed E-state index contributed by atoms with van der Waals surface area (Å²) in [6, 6.07) is 8.31. The second kappa shape index (κ2) is 5.50. The Bertz CT molecular complexity index is 743. The fraction of sp³-hybridized carbons (Fsp3) is 0.312. The van der Waals surface area contributed by atoms with Gasteiger partial charge in [0, 0.05) is 41.2 Å². The molecule has 1 atom stereocenters. The molecule has 0 spiro atoms. The third kappa shape index (κ3) is 2.54. The smallest absolute Gasteiger partial charge is 0.183 e. The summed E-state index contributed by atoms with van der Waals surface area (Å²) in [5.74, 6) is 0. The van der Waals surface area contributed by atoms with Gasteiger partial charge in [0.15, 0.2) is 5.13 Å². The number of aromatic amines is 1. The van der Waals surface area contributed by atoms with Gasteiger partial charge in [-0.3, -0.25) is 0 Å². The van der Waals surface area contributed by atoms with Crippen LogP contribution in [0.4, 0.5) is 5.13 Å². The second-order valence-corrected chi connectivity index (χ2v) is 6.16. The highest BCUT2D eigenvalue weighted by Gasteiger charge is 2.16. The Kier molecular flexibility index (Phi) is 3.37. The number of anilines is 1. The number of benzene rings is 1. The molecular weight excluding hydrogens is 282 g/mol. The van der Waals surface area contributed by atoms with Crippen LogP contribution in [0.5, 0.6) is 0 Å². The lowest BCUT2D eigenvalue weighted by atomic mass is 10.1. The van der Waals surface area contributed by atoms with E-state index in [4.69, 9.17) is 9.72 Å². The number of para-hydroxylation sites is 1. The maximum atomic E-state index is 5.62. The molecule has 3 heterocycles. The normalized spacial score (nSPS) is 18.4. The summed E-state index contributed by atoms with van der Waals surface area (Å²) in [7, 11) is 0. The van der Waals surface area contributed by atoms with Crippen molar-refractivity contribution in [2.75, 3.05) is 18.5 Å². The summed E-state index contributed by atoms with van der Waals surface area (Å²) in [6.07, 6.45) is 4.69. The first-order valence-corrected chi connectivity index (χ1v) is 8.15. The van der Waals surface area contributed by atoms with E-state index in [1.54, 1.807) is 11.3 Å². The zero-order valence-corrected chi connectivity index (χ0v) is 12.5. The van der Waals surface area contributed by atoms with Crippen molar-refractivity contribution in [1.82, 2.24) is 9.97 Å². The monoisotopic (exact) mass is 299 g/mol. The van der Waals surface area contributed by atoms with E-state index in [0.717, 1.165) is 41.5 Å². The molecular formula is C16H17N3OS. The average molecular weight is 299 g/mol. The molecule has 4 nitrogen and oxygen atoms in total. The molecule has 1 aliphatic heterocycles. The van der Waals surface area contributed by atoms with E-state index in [9.17, 15) is 0 Å². The summed E-state index contributed by atoms with van der Waals surface area (Å²) in [4.78, 5) is 7.99. The molecule has 21 heavy (non-hydrogen) atoms. The van der Waals surface area contributed by atoms with Gasteiger partial charge in [-0.05, 0) is 18.9 Å². The number of hydrogen-bond acceptors (Lipinski definition) is 4. The van der Waals surface area contributed by atoms with Gasteiger partial charge < -0.3 is 15.0 Å². The van der Waals surface area contributed by atoms with Gasteiger partial charge in [0.25, 0.3) is 0 Å². The Labute approximate surface area is 127 Å². The highest BCUT2D eigenvalue weighted by Crippen LogP contribution is 2.31. The van der Waals surface area contributed by atoms with Crippen molar-refractivity contribution in [3.05, 3.63) is 35.8 Å². The predicted octanol–water partition coefficient (Wildman–Crippen LogP) is 3.88. The van der Waals surface area contributed by atoms with Crippen LogP contribution in [0.3, 0.4) is 0 Å². The van der Waals surface area contributed by atoms with Crippen LogP contribution in [0.15, 0.2) is 35.8 Å². The minimum atomic E-state index is 0.338. The van der Waals surface area contributed by atoms with Crippen molar-refractivity contribution < 1.29 is 4.74 Å². The van der Waals surface area contributed by atoms with E-state index in [2.05, 4.69) is 33.9 Å². The van der Waals surface area contributed by atoms with E-state index in [1.165, 1.54) is 11.8 Å². The van der Waals surface area contributed by atoms with Crippen LogP contribution < -0.4 is 5.32 Å². The SMILES string of the molecule is c1ccc2c(-c3csc(NC[C@H]4CCCO4)n3)c[nH]c2c1. The Hall–Kier alpha value is -1.85. The fourth-order valence-corrected chi connectivity index (χ4v) is 3.49. The molecule has 1 aliphatic rings. The molecule has 108 valence electrons. The molecule has 0 aliphatic carbocycles. The highest BCUT2D eigenvalue weighted by molar-refractivity contribution is 7.14. The van der Waals surface area contributed by atoms with Crippen LogP contribution in [0.1, 0.15) is 12.8 Å². The molecule has 4 rings (SSSR count). The van der Waals surface area contributed by atoms with Crippen molar-refractivity contribution in [3.63, 3.8) is 0 Å². The zero-order chi connectivity index (χ0) is 14.1. The Balaban J connectivity index is 1.53. The van der Waals surface area contributed by atoms with Gasteiger partial charge in [-0.25, -0.2) is 4.98 Å². The molecule has 0 amide bonds. The minimum Gasteiger partial charge on any atom is -0.376 e. The quantitative estimate of drug-likeness (QED) is 0.768. The minimum absolute atomic E-state index is 0.338. The van der Waals surface area contributed by atoms with E-state index in [0.29, 0.717) is 6.10 Å². The van der Waals surface area contributed by atoms with Crippen molar-refractivity contribution in [2.24, 2.45) is 0 Å². The van der Waals surface area contributed by atoms with E-state index in [-0.39, 0.29) is 0 Å². The number of fused-ring (bicyclic) bond motifs is 1. The first kappa shape index (κ1) is 12.9. The summed E-state index contributed by atoms with van der Waals surface area (Å²) in [6.45, 7) is 1.74. The lowest BCUT2D eigenvalue weighted by Gasteiger charge is -2.09. The van der Waals surface area contributed by atoms with Crippen molar-refractivity contribution in [1.29, 1.82) is 0 Å². The van der Waals surface area contributed by atoms with Gasteiger partial charge in [-0.15, -0.1) is 11.3 Å². The molecule has 1 fully saturated rings. The summed E-state index contributed by atoms with van der Waals surface area (Å²) >= 11 is 1.65. The molecule has 2 N–H and O–H groups in total. The number of ether oxygens (including phenoxy) is 1. The molecule has 0 saturated carbocycles. The molecule has 1 saturated heterocycles. The van der Waals surface area contributed by atoms with Crippen molar-refractivity contribution >= 4 is 27.4 Å². The van der Waals surface area contributed by atoms with Crippen LogP contribution in [0, 0.1) is 0 Å². The molecule has 5 heteroatoms. The maximum absolute atomic E-state index is 5.62. The molecule has 0 radical (unpaired) electrons. The summed E-state index contributed by atoms with van der Waals surface area (Å²) < 4.78 is 5.62. The largest absolute Gasteiger partial charge is 0.376 e. The number of aromatic nitrogens is 2. The molecule has 2 aromatic heterocycles. The number of nitrogens with one attached hydrogen (secondary N) is 2. The van der Waals surface area contributed by atoms with Gasteiger partial charge in [0.05, 0.1) is 11.8 Å².